The molecule has 1 unspecified atom stereocenters. The normalized spacial score (nSPS) is 13.1. The standard InChI is InChI=1S/C12H20Cl2N4/c1-8(2)5-9(7-18(3)4)16-11-10(13)6-15-12(14)17-11/h6,8-9H,5,7H2,1-4H3,(H,15,16,17). The minimum Gasteiger partial charge on any atom is -0.365 e. The first-order valence-corrected chi connectivity index (χ1v) is 6.73. The molecule has 1 atom stereocenters. The number of nitrogens with zero attached hydrogens (tertiary/aromatic N) is 3. The highest BCUT2D eigenvalue weighted by atomic mass is 35.5. The van der Waals surface area contributed by atoms with Crippen LogP contribution in [-0.2, 0) is 0 Å². The third-order valence-corrected chi connectivity index (χ3v) is 2.86. The van der Waals surface area contributed by atoms with Gasteiger partial charge in [-0.15, -0.1) is 0 Å². The summed E-state index contributed by atoms with van der Waals surface area (Å²) in [5.41, 5.74) is 0. The average Bonchev–Trinajstić information content (AvgIpc) is 2.21. The lowest BCUT2D eigenvalue weighted by molar-refractivity contribution is 0.356. The monoisotopic (exact) mass is 290 g/mol. The van der Waals surface area contributed by atoms with Gasteiger partial charge >= 0.3 is 0 Å². The van der Waals surface area contributed by atoms with Gasteiger partial charge in [0.2, 0.25) is 5.28 Å². The summed E-state index contributed by atoms with van der Waals surface area (Å²) < 4.78 is 0. The van der Waals surface area contributed by atoms with Crippen molar-refractivity contribution in [1.82, 2.24) is 14.9 Å². The summed E-state index contributed by atoms with van der Waals surface area (Å²) in [6.45, 7) is 5.30. The summed E-state index contributed by atoms with van der Waals surface area (Å²) in [6, 6.07) is 0.281. The largest absolute Gasteiger partial charge is 0.365 e. The quantitative estimate of drug-likeness (QED) is 0.817. The Hall–Kier alpha value is -0.580. The molecule has 4 nitrogen and oxygen atoms in total. The zero-order valence-corrected chi connectivity index (χ0v) is 12.8. The fourth-order valence-corrected chi connectivity index (χ4v) is 2.11. The van der Waals surface area contributed by atoms with Crippen molar-refractivity contribution in [3.05, 3.63) is 16.5 Å². The van der Waals surface area contributed by atoms with Crippen LogP contribution in [0.1, 0.15) is 20.3 Å². The molecule has 0 spiro atoms. The molecule has 0 fully saturated rings. The van der Waals surface area contributed by atoms with E-state index in [0.717, 1.165) is 13.0 Å². The highest BCUT2D eigenvalue weighted by Gasteiger charge is 2.14. The van der Waals surface area contributed by atoms with Crippen molar-refractivity contribution >= 4 is 29.0 Å². The molecule has 0 bridgehead atoms. The molecule has 18 heavy (non-hydrogen) atoms. The lowest BCUT2D eigenvalue weighted by atomic mass is 10.0. The van der Waals surface area contributed by atoms with Crippen LogP contribution in [0.25, 0.3) is 0 Å². The Morgan fingerprint density at radius 1 is 1.33 bits per heavy atom. The van der Waals surface area contributed by atoms with Crippen LogP contribution in [0.4, 0.5) is 5.82 Å². The number of anilines is 1. The van der Waals surface area contributed by atoms with Gasteiger partial charge in [0.05, 0.1) is 6.20 Å². The second-order valence-electron chi connectivity index (χ2n) is 5.07. The van der Waals surface area contributed by atoms with E-state index in [9.17, 15) is 0 Å². The maximum atomic E-state index is 6.05. The number of hydrogen-bond donors (Lipinski definition) is 1. The van der Waals surface area contributed by atoms with Gasteiger partial charge in [-0.3, -0.25) is 0 Å². The van der Waals surface area contributed by atoms with E-state index in [4.69, 9.17) is 23.2 Å². The Kier molecular flexibility index (Phi) is 6.12. The van der Waals surface area contributed by atoms with Gasteiger partial charge in [-0.05, 0) is 38.0 Å². The first-order valence-electron chi connectivity index (χ1n) is 5.97. The first-order chi connectivity index (χ1) is 8.38. The number of nitrogens with one attached hydrogen (secondary N) is 1. The van der Waals surface area contributed by atoms with Crippen LogP contribution in [0.2, 0.25) is 10.3 Å². The van der Waals surface area contributed by atoms with E-state index >= 15 is 0 Å². The van der Waals surface area contributed by atoms with Gasteiger partial charge in [0.15, 0.2) is 0 Å². The van der Waals surface area contributed by atoms with Crippen molar-refractivity contribution in [3.8, 4) is 0 Å². The van der Waals surface area contributed by atoms with Crippen molar-refractivity contribution in [1.29, 1.82) is 0 Å². The molecule has 1 heterocycles. The van der Waals surface area contributed by atoms with Gasteiger partial charge in [-0.1, -0.05) is 25.4 Å². The molecule has 0 amide bonds. The smallest absolute Gasteiger partial charge is 0.224 e. The fraction of sp³-hybridized carbons (Fsp3) is 0.667. The van der Waals surface area contributed by atoms with Gasteiger partial charge in [0, 0.05) is 12.6 Å². The van der Waals surface area contributed by atoms with Crippen molar-refractivity contribution in [2.75, 3.05) is 26.0 Å². The number of likely N-dealkylation sites (N-methyl/N-ethyl adjacent to an activating group) is 1. The molecule has 1 aromatic heterocycles. The molecule has 0 aliphatic carbocycles. The molecule has 0 aliphatic rings. The third-order valence-electron chi connectivity index (χ3n) is 2.40. The molecular weight excluding hydrogens is 271 g/mol. The Balaban J connectivity index is 2.77. The van der Waals surface area contributed by atoms with Gasteiger partial charge < -0.3 is 10.2 Å². The Labute approximate surface area is 119 Å². The lowest BCUT2D eigenvalue weighted by Gasteiger charge is -2.24. The molecule has 0 aliphatic heterocycles. The van der Waals surface area contributed by atoms with Crippen molar-refractivity contribution in [2.45, 2.75) is 26.3 Å². The van der Waals surface area contributed by atoms with Gasteiger partial charge in [0.25, 0.3) is 0 Å². The topological polar surface area (TPSA) is 41.0 Å². The second kappa shape index (κ2) is 7.12. The van der Waals surface area contributed by atoms with E-state index in [-0.39, 0.29) is 11.3 Å². The molecule has 0 aromatic carbocycles. The van der Waals surface area contributed by atoms with E-state index in [1.165, 1.54) is 6.20 Å². The number of aromatic nitrogens is 2. The molecule has 1 rings (SSSR count). The molecule has 0 saturated carbocycles. The molecule has 0 saturated heterocycles. The van der Waals surface area contributed by atoms with Crippen LogP contribution in [0, 0.1) is 5.92 Å². The van der Waals surface area contributed by atoms with E-state index in [1.54, 1.807) is 0 Å². The van der Waals surface area contributed by atoms with Crippen LogP contribution in [0.5, 0.6) is 0 Å². The minimum absolute atomic E-state index is 0.204. The van der Waals surface area contributed by atoms with Gasteiger partial charge in [-0.25, -0.2) is 4.98 Å². The van der Waals surface area contributed by atoms with Gasteiger partial charge in [-0.2, -0.15) is 4.98 Å². The number of hydrogen-bond acceptors (Lipinski definition) is 4. The lowest BCUT2D eigenvalue weighted by Crippen LogP contribution is -2.33. The molecule has 6 heteroatoms. The van der Waals surface area contributed by atoms with E-state index < -0.39 is 0 Å². The van der Waals surface area contributed by atoms with Crippen molar-refractivity contribution in [3.63, 3.8) is 0 Å². The zero-order valence-electron chi connectivity index (χ0n) is 11.2. The Morgan fingerprint density at radius 2 is 2.00 bits per heavy atom. The predicted molar refractivity (Wildman–Crippen MR) is 77.5 cm³/mol. The molecule has 0 radical (unpaired) electrons. The molecule has 1 N–H and O–H groups in total. The zero-order chi connectivity index (χ0) is 13.7. The SMILES string of the molecule is CC(C)CC(CN(C)C)Nc1nc(Cl)ncc1Cl. The van der Waals surface area contributed by atoms with Crippen LogP contribution >= 0.6 is 23.2 Å². The van der Waals surface area contributed by atoms with Crippen LogP contribution in [0.15, 0.2) is 6.20 Å². The maximum absolute atomic E-state index is 6.05. The van der Waals surface area contributed by atoms with Crippen molar-refractivity contribution in [2.24, 2.45) is 5.92 Å². The van der Waals surface area contributed by atoms with Crippen LogP contribution in [-0.4, -0.2) is 41.5 Å². The summed E-state index contributed by atoms with van der Waals surface area (Å²) in [6.07, 6.45) is 2.55. The summed E-state index contributed by atoms with van der Waals surface area (Å²) >= 11 is 11.8. The molecule has 1 aromatic rings. The molecular formula is C12H20Cl2N4. The van der Waals surface area contributed by atoms with E-state index in [0.29, 0.717) is 16.8 Å². The fourth-order valence-electron chi connectivity index (χ4n) is 1.83. The Bertz CT molecular complexity index is 372. The summed E-state index contributed by atoms with van der Waals surface area (Å²) in [7, 11) is 4.09. The summed E-state index contributed by atoms with van der Waals surface area (Å²) in [5, 5.41) is 4.04. The summed E-state index contributed by atoms with van der Waals surface area (Å²) in [4.78, 5) is 10.1. The first kappa shape index (κ1) is 15.5. The summed E-state index contributed by atoms with van der Waals surface area (Å²) in [5.74, 6) is 1.20. The van der Waals surface area contributed by atoms with Crippen LogP contribution in [0.3, 0.4) is 0 Å². The Morgan fingerprint density at radius 3 is 2.56 bits per heavy atom. The number of rotatable bonds is 6. The van der Waals surface area contributed by atoms with E-state index in [2.05, 4.69) is 34.0 Å². The minimum atomic E-state index is 0.204. The average molecular weight is 291 g/mol. The molecule has 102 valence electrons. The van der Waals surface area contributed by atoms with E-state index in [1.807, 2.05) is 14.1 Å². The highest BCUT2D eigenvalue weighted by molar-refractivity contribution is 6.33. The second-order valence-corrected chi connectivity index (χ2v) is 5.81. The van der Waals surface area contributed by atoms with Crippen LogP contribution < -0.4 is 5.32 Å². The highest BCUT2D eigenvalue weighted by Crippen LogP contribution is 2.21. The predicted octanol–water partition coefficient (Wildman–Crippen LogP) is 3.17. The third kappa shape index (κ3) is 5.38. The number of halogens is 2. The van der Waals surface area contributed by atoms with Gasteiger partial charge in [0.1, 0.15) is 10.8 Å². The van der Waals surface area contributed by atoms with Crippen molar-refractivity contribution < 1.29 is 0 Å². The maximum Gasteiger partial charge on any atom is 0.224 e.